The first-order valence-electron chi connectivity index (χ1n) is 38.4. The van der Waals surface area contributed by atoms with Crippen molar-refractivity contribution in [3.63, 3.8) is 0 Å². The molecule has 0 amide bonds. The molecule has 19 heteroatoms. The van der Waals surface area contributed by atoms with Crippen molar-refractivity contribution < 1.29 is 80.2 Å². The predicted octanol–water partition coefficient (Wildman–Crippen LogP) is 21.4. The van der Waals surface area contributed by atoms with Gasteiger partial charge in [0, 0.05) is 25.7 Å². The number of carbonyl (C=O) groups is 4. The summed E-state index contributed by atoms with van der Waals surface area (Å²) < 4.78 is 68.4. The van der Waals surface area contributed by atoms with Gasteiger partial charge in [0.1, 0.15) is 19.3 Å². The van der Waals surface area contributed by atoms with Gasteiger partial charge in [0.2, 0.25) is 0 Å². The van der Waals surface area contributed by atoms with Gasteiger partial charge in [-0.05, 0) is 43.4 Å². The van der Waals surface area contributed by atoms with E-state index in [4.69, 9.17) is 37.0 Å². The van der Waals surface area contributed by atoms with E-state index in [2.05, 4.69) is 48.5 Å². The Hall–Kier alpha value is -1.94. The van der Waals surface area contributed by atoms with Crippen LogP contribution in [0, 0.1) is 17.8 Å². The summed E-state index contributed by atoms with van der Waals surface area (Å²) in [5, 5.41) is 10.6. The lowest BCUT2D eigenvalue weighted by Crippen LogP contribution is -2.30. The zero-order valence-corrected chi connectivity index (χ0v) is 62.5. The Morgan fingerprint density at radius 3 is 0.817 bits per heavy atom. The fraction of sp³-hybridized carbons (Fsp3) is 0.946. The van der Waals surface area contributed by atoms with Crippen molar-refractivity contribution >= 4 is 39.5 Å². The van der Waals surface area contributed by atoms with Crippen LogP contribution in [-0.4, -0.2) is 96.7 Å². The minimum atomic E-state index is -4.96. The van der Waals surface area contributed by atoms with Gasteiger partial charge in [0.25, 0.3) is 0 Å². The van der Waals surface area contributed by atoms with E-state index in [9.17, 15) is 43.2 Å². The van der Waals surface area contributed by atoms with Gasteiger partial charge in [-0.3, -0.25) is 37.3 Å². The molecule has 0 bridgehead atoms. The lowest BCUT2D eigenvalue weighted by atomic mass is 10.00. The molecule has 0 heterocycles. The quantitative estimate of drug-likeness (QED) is 0.0222. The number of aliphatic hydroxyl groups is 1. The third-order valence-electron chi connectivity index (χ3n) is 17.5. The van der Waals surface area contributed by atoms with E-state index in [0.29, 0.717) is 25.7 Å². The lowest BCUT2D eigenvalue weighted by Gasteiger charge is -2.21. The molecule has 0 aromatic rings. The number of phosphoric ester groups is 2. The van der Waals surface area contributed by atoms with Crippen LogP contribution < -0.4 is 0 Å². The summed E-state index contributed by atoms with van der Waals surface area (Å²) in [6.45, 7) is 11.8. The normalized spacial score (nSPS) is 14.4. The molecular formula is C74H144O17P2. The maximum atomic E-state index is 13.1. The Labute approximate surface area is 568 Å². The second-order valence-corrected chi connectivity index (χ2v) is 30.8. The number of carbonyl (C=O) groups excluding carboxylic acids is 4. The van der Waals surface area contributed by atoms with Gasteiger partial charge in [-0.15, -0.1) is 0 Å². The first-order valence-corrected chi connectivity index (χ1v) is 41.4. The van der Waals surface area contributed by atoms with E-state index in [1.165, 1.54) is 180 Å². The van der Waals surface area contributed by atoms with Crippen molar-refractivity contribution in [2.75, 3.05) is 39.6 Å². The highest BCUT2D eigenvalue weighted by molar-refractivity contribution is 7.47. The van der Waals surface area contributed by atoms with E-state index in [-0.39, 0.29) is 25.7 Å². The molecule has 0 fully saturated rings. The number of phosphoric acid groups is 2. The van der Waals surface area contributed by atoms with Crippen LogP contribution in [0.25, 0.3) is 0 Å². The van der Waals surface area contributed by atoms with Gasteiger partial charge in [0.05, 0.1) is 26.4 Å². The second-order valence-electron chi connectivity index (χ2n) is 27.9. The molecule has 0 radical (unpaired) electrons. The molecule has 552 valence electrons. The van der Waals surface area contributed by atoms with E-state index in [1.807, 2.05) is 0 Å². The Morgan fingerprint density at radius 2 is 0.548 bits per heavy atom. The molecule has 17 nitrogen and oxygen atoms in total. The Balaban J connectivity index is 5.21. The van der Waals surface area contributed by atoms with Crippen LogP contribution in [0.15, 0.2) is 0 Å². The molecule has 0 aliphatic carbocycles. The molecule has 0 aliphatic rings. The van der Waals surface area contributed by atoms with Crippen molar-refractivity contribution in [2.24, 2.45) is 17.8 Å². The zero-order valence-electron chi connectivity index (χ0n) is 60.7. The standard InChI is InChI=1S/C74H144O17P2/c1-8-10-11-12-13-14-15-16-17-18-19-20-21-22-23-24-27-34-43-50-57-73(78)90-69(61-84-71(76)55-48-41-33-28-25-26-31-38-45-52-65(3)4)63-88-92(80,81)86-59-68(75)60-87-93(82,83)89-64-70(62-85-72(77)56-49-42-37-36-40-47-54-67(7)9-2)91-74(79)58-51-44-35-30-29-32-39-46-53-66(5)6/h65-70,75H,8-64H2,1-7H3,(H,80,81)(H,82,83)/t67?,68-,69-,70-/m1/s1. The maximum absolute atomic E-state index is 13.1. The monoisotopic (exact) mass is 1370 g/mol. The number of hydrogen-bond donors (Lipinski definition) is 3. The van der Waals surface area contributed by atoms with E-state index in [0.717, 1.165) is 114 Å². The average Bonchev–Trinajstić information content (AvgIpc) is 3.12. The summed E-state index contributed by atoms with van der Waals surface area (Å²) in [7, 11) is -9.91. The highest BCUT2D eigenvalue weighted by Gasteiger charge is 2.30. The Morgan fingerprint density at radius 1 is 0.312 bits per heavy atom. The van der Waals surface area contributed by atoms with Gasteiger partial charge < -0.3 is 33.8 Å². The van der Waals surface area contributed by atoms with Crippen LogP contribution in [0.1, 0.15) is 376 Å². The number of unbranched alkanes of at least 4 members (excludes halogenated alkanes) is 39. The van der Waals surface area contributed by atoms with Crippen LogP contribution >= 0.6 is 15.6 Å². The number of aliphatic hydroxyl groups excluding tert-OH is 1. The van der Waals surface area contributed by atoms with E-state index in [1.54, 1.807) is 0 Å². The Kier molecular flexibility index (Phi) is 63.4. The van der Waals surface area contributed by atoms with Gasteiger partial charge >= 0.3 is 39.5 Å². The molecule has 3 N–H and O–H groups in total. The van der Waals surface area contributed by atoms with Crippen LogP contribution in [-0.2, 0) is 65.4 Å². The fourth-order valence-electron chi connectivity index (χ4n) is 11.2. The zero-order chi connectivity index (χ0) is 68.7. The highest BCUT2D eigenvalue weighted by atomic mass is 31.2. The summed E-state index contributed by atoms with van der Waals surface area (Å²) in [5.74, 6) is 0.0677. The molecular weight excluding hydrogens is 1220 g/mol. The molecule has 0 spiro atoms. The fourth-order valence-corrected chi connectivity index (χ4v) is 12.8. The van der Waals surface area contributed by atoms with Crippen LogP contribution in [0.3, 0.4) is 0 Å². The van der Waals surface area contributed by atoms with E-state index >= 15 is 0 Å². The molecule has 0 aliphatic heterocycles. The molecule has 3 unspecified atom stereocenters. The average molecular weight is 1370 g/mol. The number of rotatable bonds is 72. The van der Waals surface area contributed by atoms with Crippen molar-refractivity contribution in [3.8, 4) is 0 Å². The highest BCUT2D eigenvalue weighted by Crippen LogP contribution is 2.45. The molecule has 0 rings (SSSR count). The third-order valence-corrected chi connectivity index (χ3v) is 19.4. The number of esters is 4. The van der Waals surface area contributed by atoms with Crippen molar-refractivity contribution in [1.82, 2.24) is 0 Å². The smallest absolute Gasteiger partial charge is 0.462 e. The SMILES string of the molecule is CCCCCCCCCCCCCCCCCCCCCCC(=O)O[C@H](COC(=O)CCCCCCCCCCCC(C)C)COP(=O)(O)OC[C@@H](O)COP(=O)(O)OC[C@@H](COC(=O)CCCCCCCCC(C)CC)OC(=O)CCCCCCCCCCC(C)C. The van der Waals surface area contributed by atoms with Crippen LogP contribution in [0.4, 0.5) is 0 Å². The van der Waals surface area contributed by atoms with Gasteiger partial charge in [-0.1, -0.05) is 325 Å². The molecule has 0 aromatic carbocycles. The maximum Gasteiger partial charge on any atom is 0.472 e. The molecule has 0 aromatic heterocycles. The summed E-state index contributed by atoms with van der Waals surface area (Å²) in [6.07, 6.45) is 50.2. The van der Waals surface area contributed by atoms with Gasteiger partial charge in [-0.25, -0.2) is 9.13 Å². The van der Waals surface area contributed by atoms with Crippen LogP contribution in [0.2, 0.25) is 0 Å². The predicted molar refractivity (Wildman–Crippen MR) is 377 cm³/mol. The molecule has 0 saturated heterocycles. The summed E-state index contributed by atoms with van der Waals surface area (Å²) in [4.78, 5) is 72.7. The van der Waals surface area contributed by atoms with E-state index < -0.39 is 97.5 Å². The molecule has 6 atom stereocenters. The Bertz CT molecular complexity index is 1820. The number of hydrogen-bond acceptors (Lipinski definition) is 15. The minimum absolute atomic E-state index is 0.103. The first-order chi connectivity index (χ1) is 44.8. The summed E-state index contributed by atoms with van der Waals surface area (Å²) in [5.41, 5.74) is 0. The summed E-state index contributed by atoms with van der Waals surface area (Å²) in [6, 6.07) is 0. The van der Waals surface area contributed by atoms with Crippen LogP contribution in [0.5, 0.6) is 0 Å². The van der Waals surface area contributed by atoms with Crippen molar-refractivity contribution in [3.05, 3.63) is 0 Å². The third kappa shape index (κ3) is 67.0. The number of ether oxygens (including phenoxy) is 4. The molecule has 0 saturated carbocycles. The largest absolute Gasteiger partial charge is 0.472 e. The topological polar surface area (TPSA) is 237 Å². The van der Waals surface area contributed by atoms with Gasteiger partial charge in [-0.2, -0.15) is 0 Å². The lowest BCUT2D eigenvalue weighted by molar-refractivity contribution is -0.161. The first kappa shape index (κ1) is 91.1. The second kappa shape index (κ2) is 64.7. The van der Waals surface area contributed by atoms with Gasteiger partial charge in [0.15, 0.2) is 12.2 Å². The van der Waals surface area contributed by atoms with Crippen molar-refractivity contribution in [1.29, 1.82) is 0 Å². The molecule has 93 heavy (non-hydrogen) atoms. The summed E-state index contributed by atoms with van der Waals surface area (Å²) >= 11 is 0. The minimum Gasteiger partial charge on any atom is -0.462 e. The van der Waals surface area contributed by atoms with Crippen molar-refractivity contribution in [2.45, 2.75) is 394 Å².